The molecule has 190 valence electrons. The van der Waals surface area contributed by atoms with Crippen LogP contribution < -0.4 is 11.0 Å². The van der Waals surface area contributed by atoms with Gasteiger partial charge in [-0.15, -0.1) is 0 Å². The standard InChI is InChI=1S/C26H23F3N6O2/c1-15-6-4-8-20-24(15)35(25(37)34(20)13-23(36)32-17(3)26(27,28)29)21-12-31-19(10-16(21)2)18-7-5-9-33-14-30-11-22(18)33/h4-12,14,17H,13H2,1-3H3,(H,32,36)/t17-/m1/s1. The van der Waals surface area contributed by atoms with Gasteiger partial charge in [0.1, 0.15) is 12.6 Å². The second-order valence-corrected chi connectivity index (χ2v) is 8.94. The summed E-state index contributed by atoms with van der Waals surface area (Å²) in [7, 11) is 0. The molecule has 0 unspecified atom stereocenters. The number of nitrogens with zero attached hydrogens (tertiary/aromatic N) is 5. The number of aromatic nitrogens is 5. The van der Waals surface area contributed by atoms with E-state index in [0.29, 0.717) is 22.4 Å². The lowest BCUT2D eigenvalue weighted by Crippen LogP contribution is -2.45. The molecule has 4 heterocycles. The van der Waals surface area contributed by atoms with E-state index in [9.17, 15) is 22.8 Å². The number of imidazole rings is 2. The summed E-state index contributed by atoms with van der Waals surface area (Å²) in [5.41, 5.74) is 4.93. The van der Waals surface area contributed by atoms with Crippen LogP contribution in [0.15, 0.2) is 66.1 Å². The fourth-order valence-electron chi connectivity index (χ4n) is 4.46. The van der Waals surface area contributed by atoms with Crippen LogP contribution in [0.5, 0.6) is 0 Å². The smallest absolute Gasteiger partial charge is 0.343 e. The van der Waals surface area contributed by atoms with Gasteiger partial charge in [0.05, 0.1) is 46.7 Å². The fourth-order valence-corrected chi connectivity index (χ4v) is 4.46. The average molecular weight is 509 g/mol. The minimum absolute atomic E-state index is 0.437. The molecule has 0 saturated heterocycles. The van der Waals surface area contributed by atoms with Gasteiger partial charge in [0.25, 0.3) is 0 Å². The molecule has 1 atom stereocenters. The Morgan fingerprint density at radius 2 is 1.86 bits per heavy atom. The normalized spacial score (nSPS) is 12.8. The number of rotatable bonds is 5. The fraction of sp³-hybridized carbons (Fsp3) is 0.231. The minimum atomic E-state index is -4.59. The summed E-state index contributed by atoms with van der Waals surface area (Å²) in [6.07, 6.45) is 2.33. The van der Waals surface area contributed by atoms with Gasteiger partial charge >= 0.3 is 11.9 Å². The van der Waals surface area contributed by atoms with Crippen LogP contribution in [0.3, 0.4) is 0 Å². The van der Waals surface area contributed by atoms with Crippen LogP contribution >= 0.6 is 0 Å². The lowest BCUT2D eigenvalue weighted by atomic mass is 10.1. The number of pyridine rings is 2. The van der Waals surface area contributed by atoms with Crippen molar-refractivity contribution >= 4 is 22.5 Å². The van der Waals surface area contributed by atoms with Gasteiger partial charge in [-0.05, 0) is 56.2 Å². The Labute approximate surface area is 209 Å². The zero-order valence-corrected chi connectivity index (χ0v) is 20.2. The first-order chi connectivity index (χ1) is 17.6. The quantitative estimate of drug-likeness (QED) is 0.386. The zero-order valence-electron chi connectivity index (χ0n) is 20.2. The van der Waals surface area contributed by atoms with E-state index in [4.69, 9.17) is 0 Å². The predicted molar refractivity (Wildman–Crippen MR) is 133 cm³/mol. The van der Waals surface area contributed by atoms with Gasteiger partial charge < -0.3 is 9.72 Å². The summed E-state index contributed by atoms with van der Waals surface area (Å²) in [6.45, 7) is 3.98. The first kappa shape index (κ1) is 24.3. The Kier molecular flexibility index (Phi) is 5.85. The number of amides is 1. The van der Waals surface area contributed by atoms with E-state index >= 15 is 0 Å². The van der Waals surface area contributed by atoms with Crippen LogP contribution in [-0.2, 0) is 11.3 Å². The Morgan fingerprint density at radius 1 is 1.08 bits per heavy atom. The van der Waals surface area contributed by atoms with Gasteiger partial charge in [0.15, 0.2) is 0 Å². The SMILES string of the molecule is Cc1cc(-c2cccn3cncc23)ncc1-n1c(=O)n(CC(=O)N[C@H](C)C(F)(F)F)c2cccc(C)c21. The van der Waals surface area contributed by atoms with Crippen molar-refractivity contribution in [1.29, 1.82) is 0 Å². The number of aryl methyl sites for hydroxylation is 2. The van der Waals surface area contributed by atoms with Crippen molar-refractivity contribution in [3.05, 3.63) is 82.9 Å². The van der Waals surface area contributed by atoms with Crippen molar-refractivity contribution < 1.29 is 18.0 Å². The highest BCUT2D eigenvalue weighted by atomic mass is 19.4. The number of halogens is 3. The molecule has 37 heavy (non-hydrogen) atoms. The molecule has 0 saturated carbocycles. The van der Waals surface area contributed by atoms with Gasteiger partial charge in [-0.1, -0.05) is 12.1 Å². The van der Waals surface area contributed by atoms with Crippen LogP contribution in [0.1, 0.15) is 18.1 Å². The topological polar surface area (TPSA) is 86.2 Å². The monoisotopic (exact) mass is 508 g/mol. The average Bonchev–Trinajstić information content (AvgIpc) is 3.42. The molecule has 5 rings (SSSR count). The first-order valence-electron chi connectivity index (χ1n) is 11.5. The van der Waals surface area contributed by atoms with Crippen molar-refractivity contribution in [3.63, 3.8) is 0 Å². The molecule has 1 N–H and O–H groups in total. The largest absolute Gasteiger partial charge is 0.408 e. The lowest BCUT2D eigenvalue weighted by Gasteiger charge is -2.17. The van der Waals surface area contributed by atoms with Crippen LogP contribution in [0.25, 0.3) is 33.5 Å². The lowest BCUT2D eigenvalue weighted by molar-refractivity contribution is -0.158. The highest BCUT2D eigenvalue weighted by Gasteiger charge is 2.37. The maximum absolute atomic E-state index is 13.6. The van der Waals surface area contributed by atoms with E-state index in [2.05, 4.69) is 9.97 Å². The van der Waals surface area contributed by atoms with Gasteiger partial charge in [-0.2, -0.15) is 13.2 Å². The summed E-state index contributed by atoms with van der Waals surface area (Å²) < 4.78 is 43.3. The van der Waals surface area contributed by atoms with Crippen molar-refractivity contribution in [2.45, 2.75) is 39.5 Å². The van der Waals surface area contributed by atoms with E-state index in [-0.39, 0.29) is 0 Å². The third-order valence-corrected chi connectivity index (χ3v) is 6.37. The summed E-state index contributed by atoms with van der Waals surface area (Å²) >= 11 is 0. The van der Waals surface area contributed by atoms with Crippen molar-refractivity contribution in [1.82, 2.24) is 28.8 Å². The Bertz CT molecular complexity index is 1710. The molecule has 4 aromatic heterocycles. The second kappa shape index (κ2) is 8.91. The van der Waals surface area contributed by atoms with Crippen LogP contribution in [0.4, 0.5) is 13.2 Å². The molecular weight excluding hydrogens is 485 g/mol. The van der Waals surface area contributed by atoms with E-state index in [1.807, 2.05) is 54.0 Å². The molecule has 0 spiro atoms. The summed E-state index contributed by atoms with van der Waals surface area (Å²) in [5.74, 6) is -0.911. The minimum Gasteiger partial charge on any atom is -0.343 e. The summed E-state index contributed by atoms with van der Waals surface area (Å²) in [4.78, 5) is 34.8. The number of carbonyl (C=O) groups is 1. The molecule has 0 aliphatic rings. The number of benzene rings is 1. The zero-order chi connectivity index (χ0) is 26.5. The van der Waals surface area contributed by atoms with Gasteiger partial charge in [0, 0.05) is 11.8 Å². The van der Waals surface area contributed by atoms with Crippen molar-refractivity contribution in [2.75, 3.05) is 0 Å². The maximum Gasteiger partial charge on any atom is 0.408 e. The molecule has 5 aromatic rings. The molecule has 0 bridgehead atoms. The number of para-hydroxylation sites is 1. The van der Waals surface area contributed by atoms with Crippen LogP contribution in [0.2, 0.25) is 0 Å². The highest BCUT2D eigenvalue weighted by molar-refractivity contribution is 5.85. The summed E-state index contributed by atoms with van der Waals surface area (Å²) in [6, 6.07) is 8.87. The molecule has 0 fully saturated rings. The van der Waals surface area contributed by atoms with E-state index < -0.39 is 30.4 Å². The maximum atomic E-state index is 13.6. The molecule has 0 radical (unpaired) electrons. The van der Waals surface area contributed by atoms with Crippen molar-refractivity contribution in [2.24, 2.45) is 0 Å². The molecular formula is C26H23F3N6O2. The predicted octanol–water partition coefficient (Wildman–Crippen LogP) is 4.19. The highest BCUT2D eigenvalue weighted by Crippen LogP contribution is 2.28. The molecule has 0 aliphatic carbocycles. The molecule has 8 nitrogen and oxygen atoms in total. The van der Waals surface area contributed by atoms with Crippen molar-refractivity contribution in [3.8, 4) is 16.9 Å². The molecule has 1 amide bonds. The van der Waals surface area contributed by atoms with Crippen LogP contribution in [0, 0.1) is 13.8 Å². The number of fused-ring (bicyclic) bond motifs is 2. The van der Waals surface area contributed by atoms with E-state index in [0.717, 1.165) is 29.1 Å². The molecule has 1 aromatic carbocycles. The van der Waals surface area contributed by atoms with E-state index in [1.165, 1.54) is 9.13 Å². The third kappa shape index (κ3) is 4.26. The van der Waals surface area contributed by atoms with Gasteiger partial charge in [-0.3, -0.25) is 18.9 Å². The van der Waals surface area contributed by atoms with E-state index in [1.54, 1.807) is 30.9 Å². The number of carbonyl (C=O) groups excluding carboxylic acids is 1. The molecule has 11 heteroatoms. The first-order valence-corrected chi connectivity index (χ1v) is 11.5. The molecule has 0 aliphatic heterocycles. The van der Waals surface area contributed by atoms with Gasteiger partial charge in [-0.25, -0.2) is 9.78 Å². The number of alkyl halides is 3. The Balaban J connectivity index is 1.60. The number of hydrogen-bond acceptors (Lipinski definition) is 4. The third-order valence-electron chi connectivity index (χ3n) is 6.37. The summed E-state index contributed by atoms with van der Waals surface area (Å²) in [5, 5.41) is 1.92. The second-order valence-electron chi connectivity index (χ2n) is 8.94. The Hall–Kier alpha value is -4.41. The van der Waals surface area contributed by atoms with Crippen LogP contribution in [-0.4, -0.2) is 41.6 Å². The Morgan fingerprint density at radius 3 is 2.59 bits per heavy atom. The van der Waals surface area contributed by atoms with Gasteiger partial charge in [0.2, 0.25) is 5.91 Å². The number of nitrogens with one attached hydrogen (secondary N) is 1. The number of hydrogen-bond donors (Lipinski definition) is 1.